The van der Waals surface area contributed by atoms with Crippen LogP contribution in [-0.2, 0) is 29.9 Å². The Hall–Kier alpha value is -2.59. The molecule has 1 amide bonds. The Morgan fingerprint density at radius 2 is 1.94 bits per heavy atom. The number of benzene rings is 1. The largest absolute Gasteiger partial charge is 0.492 e. The summed E-state index contributed by atoms with van der Waals surface area (Å²) in [6.45, 7) is 7.49. The van der Waals surface area contributed by atoms with Gasteiger partial charge >= 0.3 is 6.18 Å². The van der Waals surface area contributed by atoms with E-state index < -0.39 is 17.6 Å². The fourth-order valence-corrected chi connectivity index (χ4v) is 4.77. The third-order valence-corrected chi connectivity index (χ3v) is 6.85. The van der Waals surface area contributed by atoms with Crippen molar-refractivity contribution in [1.29, 1.82) is 0 Å². The molecule has 1 saturated carbocycles. The van der Waals surface area contributed by atoms with Gasteiger partial charge in [-0.15, -0.1) is 0 Å². The number of hydrogen-bond donors (Lipinski definition) is 1. The molecule has 0 spiro atoms. The highest BCUT2D eigenvalue weighted by atomic mass is 19.4. The molecule has 2 fully saturated rings. The maximum atomic E-state index is 13.5. The average Bonchev–Trinajstić information content (AvgIpc) is 3.38. The topological polar surface area (TPSA) is 78.0 Å². The first kappa shape index (κ1) is 26.5. The quantitative estimate of drug-likeness (QED) is 0.633. The van der Waals surface area contributed by atoms with Crippen molar-refractivity contribution in [3.63, 3.8) is 0 Å². The van der Waals surface area contributed by atoms with Gasteiger partial charge in [-0.3, -0.25) is 14.2 Å². The molecule has 10 heteroatoms. The second kappa shape index (κ2) is 10.0. The van der Waals surface area contributed by atoms with Crippen molar-refractivity contribution in [2.24, 2.45) is 18.0 Å². The monoisotopic (exact) mass is 509 g/mol. The van der Waals surface area contributed by atoms with Gasteiger partial charge in [0.05, 0.1) is 36.5 Å². The summed E-state index contributed by atoms with van der Waals surface area (Å²) < 4.78 is 55.7. The lowest BCUT2D eigenvalue weighted by molar-refractivity contribution is -0.137. The summed E-state index contributed by atoms with van der Waals surface area (Å²) in [7, 11) is 1.88. The highest BCUT2D eigenvalue weighted by Gasteiger charge is 2.33. The smallest absolute Gasteiger partial charge is 0.416 e. The Balaban J connectivity index is 1.72. The van der Waals surface area contributed by atoms with Crippen LogP contribution in [0.5, 0.6) is 5.75 Å². The molecule has 1 aliphatic carbocycles. The minimum atomic E-state index is -4.61. The Kier molecular flexibility index (Phi) is 7.39. The van der Waals surface area contributed by atoms with Gasteiger partial charge in [0.1, 0.15) is 5.75 Å². The first-order chi connectivity index (χ1) is 16.8. The van der Waals surface area contributed by atoms with Crippen molar-refractivity contribution in [2.75, 3.05) is 13.2 Å². The van der Waals surface area contributed by atoms with Crippen LogP contribution in [0.4, 0.5) is 13.2 Å². The zero-order valence-corrected chi connectivity index (χ0v) is 21.1. The molecule has 4 rings (SSSR count). The molecule has 1 saturated heterocycles. The van der Waals surface area contributed by atoms with E-state index in [9.17, 15) is 23.1 Å². The molecule has 36 heavy (non-hydrogen) atoms. The van der Waals surface area contributed by atoms with Crippen molar-refractivity contribution in [3.8, 4) is 5.75 Å². The normalized spacial score (nSPS) is 23.1. The summed E-state index contributed by atoms with van der Waals surface area (Å²) in [6.07, 6.45) is -2.04. The van der Waals surface area contributed by atoms with Gasteiger partial charge in [-0.25, -0.2) is 0 Å². The minimum absolute atomic E-state index is 0.0225. The van der Waals surface area contributed by atoms with Gasteiger partial charge in [-0.05, 0) is 49.8 Å². The number of alkyl halides is 3. The fraction of sp³-hybridized carbons (Fsp3) is 0.615. The van der Waals surface area contributed by atoms with Gasteiger partial charge in [-0.1, -0.05) is 20.8 Å². The van der Waals surface area contributed by atoms with E-state index in [4.69, 9.17) is 9.47 Å². The summed E-state index contributed by atoms with van der Waals surface area (Å²) in [5.74, 6) is -0.660. The average molecular weight is 510 g/mol. The van der Waals surface area contributed by atoms with Crippen molar-refractivity contribution in [3.05, 3.63) is 46.6 Å². The standard InChI is InChI=1S/C26H34F3N3O4/c1-25(2,3)22-13-23(32(31(22)4)14-19-6-5-9-35-19)30-24(34)20-12-17(26(27,28)29)7-8-21(20)36-15-16-10-18(33)11-16/h7-8,12-13,16,18-19,33H,5-6,9-11,14-15H2,1-4H3/t16?,18?,19-/m1/s1. The molecular weight excluding hydrogens is 475 g/mol. The van der Waals surface area contributed by atoms with E-state index in [0.717, 1.165) is 30.7 Å². The molecule has 1 aliphatic heterocycles. The predicted octanol–water partition coefficient (Wildman–Crippen LogP) is 4.21. The van der Waals surface area contributed by atoms with Crippen LogP contribution >= 0.6 is 0 Å². The number of aromatic nitrogens is 2. The molecule has 2 aliphatic rings. The third kappa shape index (κ3) is 5.86. The van der Waals surface area contributed by atoms with Crippen molar-refractivity contribution < 1.29 is 32.5 Å². The van der Waals surface area contributed by atoms with Crippen LogP contribution in [-0.4, -0.2) is 45.8 Å². The Morgan fingerprint density at radius 3 is 2.53 bits per heavy atom. The minimum Gasteiger partial charge on any atom is -0.492 e. The van der Waals surface area contributed by atoms with Gasteiger partial charge in [0, 0.05) is 30.8 Å². The maximum Gasteiger partial charge on any atom is 0.416 e. The van der Waals surface area contributed by atoms with Crippen LogP contribution in [0.2, 0.25) is 0 Å². The molecule has 1 aromatic carbocycles. The number of nitrogens with zero attached hydrogens (tertiary/aromatic N) is 3. The van der Waals surface area contributed by atoms with Gasteiger partial charge < -0.3 is 14.6 Å². The van der Waals surface area contributed by atoms with E-state index in [1.807, 2.05) is 37.2 Å². The molecule has 7 nitrogen and oxygen atoms in total. The maximum absolute atomic E-state index is 13.5. The zero-order valence-electron chi connectivity index (χ0n) is 21.1. The van der Waals surface area contributed by atoms with Crippen molar-refractivity contribution >= 4 is 5.91 Å². The number of aliphatic hydroxyl groups is 1. The van der Waals surface area contributed by atoms with Crippen LogP contribution in [0.15, 0.2) is 29.3 Å². The lowest BCUT2D eigenvalue weighted by atomic mass is 9.83. The number of rotatable bonds is 6. The van der Waals surface area contributed by atoms with E-state index in [0.29, 0.717) is 31.5 Å². The second-order valence-electron chi connectivity index (χ2n) is 10.8. The fourth-order valence-electron chi connectivity index (χ4n) is 4.77. The SMILES string of the molecule is Cn1c(C(C)(C)C)cc(=NC(=O)c2cc(C(F)(F)F)ccc2OCC2CC(O)C2)n1C[C@H]1CCCO1. The molecule has 198 valence electrons. The van der Waals surface area contributed by atoms with Crippen LogP contribution in [0.1, 0.15) is 68.1 Å². The highest BCUT2D eigenvalue weighted by molar-refractivity contribution is 5.97. The van der Waals surface area contributed by atoms with E-state index in [1.54, 1.807) is 6.07 Å². The van der Waals surface area contributed by atoms with Crippen LogP contribution in [0, 0.1) is 5.92 Å². The third-order valence-electron chi connectivity index (χ3n) is 6.85. The van der Waals surface area contributed by atoms with Crippen molar-refractivity contribution in [1.82, 2.24) is 9.36 Å². The molecule has 1 atom stereocenters. The lowest BCUT2D eigenvalue weighted by Crippen LogP contribution is -2.32. The Labute approximate surface area is 208 Å². The predicted molar refractivity (Wildman–Crippen MR) is 127 cm³/mol. The van der Waals surface area contributed by atoms with Crippen molar-refractivity contribution in [2.45, 2.75) is 76.8 Å². The van der Waals surface area contributed by atoms with Gasteiger partial charge in [0.15, 0.2) is 5.49 Å². The summed E-state index contributed by atoms with van der Waals surface area (Å²) in [4.78, 5) is 17.6. The van der Waals surface area contributed by atoms with E-state index in [1.165, 1.54) is 6.07 Å². The highest BCUT2D eigenvalue weighted by Crippen LogP contribution is 2.34. The van der Waals surface area contributed by atoms with Crippen LogP contribution < -0.4 is 10.2 Å². The molecule has 0 radical (unpaired) electrons. The first-order valence-electron chi connectivity index (χ1n) is 12.3. The molecule has 2 heterocycles. The van der Waals surface area contributed by atoms with Gasteiger partial charge in [0.25, 0.3) is 5.91 Å². The molecule has 2 aromatic rings. The number of amides is 1. The number of halogens is 3. The Morgan fingerprint density at radius 1 is 1.22 bits per heavy atom. The molecule has 0 bridgehead atoms. The molecule has 0 unspecified atom stereocenters. The van der Waals surface area contributed by atoms with Crippen LogP contribution in [0.3, 0.4) is 0 Å². The molecule has 1 aromatic heterocycles. The summed E-state index contributed by atoms with van der Waals surface area (Å²) in [5.41, 5.74) is -0.149. The van der Waals surface area contributed by atoms with Crippen LogP contribution in [0.25, 0.3) is 0 Å². The van der Waals surface area contributed by atoms with E-state index in [2.05, 4.69) is 4.99 Å². The number of hydrogen-bond acceptors (Lipinski definition) is 4. The van der Waals surface area contributed by atoms with Gasteiger partial charge in [-0.2, -0.15) is 18.2 Å². The zero-order chi connectivity index (χ0) is 26.3. The second-order valence-corrected chi connectivity index (χ2v) is 10.8. The number of aliphatic hydroxyl groups excluding tert-OH is 1. The number of ether oxygens (including phenoxy) is 2. The summed E-state index contributed by atoms with van der Waals surface area (Å²) >= 11 is 0. The number of carbonyl (C=O) groups excluding carboxylic acids is 1. The van der Waals surface area contributed by atoms with Gasteiger partial charge in [0.2, 0.25) is 0 Å². The summed E-state index contributed by atoms with van der Waals surface area (Å²) in [6, 6.07) is 4.68. The molecule has 1 N–H and O–H groups in total. The Bertz CT molecular complexity index is 1160. The van der Waals surface area contributed by atoms with E-state index >= 15 is 0 Å². The lowest BCUT2D eigenvalue weighted by Gasteiger charge is -2.31. The van der Waals surface area contributed by atoms with E-state index in [-0.39, 0.29) is 41.5 Å². The first-order valence-corrected chi connectivity index (χ1v) is 12.3. The summed E-state index contributed by atoms with van der Waals surface area (Å²) in [5, 5.41) is 9.49. The molecular formula is C26H34F3N3O4. The number of carbonyl (C=O) groups is 1.